The number of rotatable bonds is 5. The van der Waals surface area contributed by atoms with E-state index in [0.717, 1.165) is 42.5 Å². The van der Waals surface area contributed by atoms with Crippen molar-refractivity contribution in [2.45, 2.75) is 64.7 Å². The third-order valence-corrected chi connectivity index (χ3v) is 6.66. The fourth-order valence-corrected chi connectivity index (χ4v) is 5.50. The lowest BCUT2D eigenvalue weighted by Gasteiger charge is -2.05. The van der Waals surface area contributed by atoms with E-state index in [1.54, 1.807) is 18.3 Å². The number of thiophene rings is 1. The maximum absolute atomic E-state index is 12.9. The Kier molecular flexibility index (Phi) is 4.95. The normalized spacial score (nSPS) is 17.1. The van der Waals surface area contributed by atoms with Crippen LogP contribution in [0.3, 0.4) is 0 Å². The number of carbonyl (C=O) groups is 2. The lowest BCUT2D eigenvalue weighted by molar-refractivity contribution is -0.133. The molecule has 2 aliphatic carbocycles. The predicted octanol–water partition coefficient (Wildman–Crippen LogP) is 4.05. The van der Waals surface area contributed by atoms with Crippen LogP contribution in [0.2, 0.25) is 0 Å². The number of nitrogens with zero attached hydrogens (tertiary/aromatic N) is 2. The van der Waals surface area contributed by atoms with Gasteiger partial charge in [-0.15, -0.1) is 11.3 Å². The van der Waals surface area contributed by atoms with Gasteiger partial charge in [-0.05, 0) is 57.4 Å². The number of aliphatic carboxylic acids is 1. The Hall–Kier alpha value is -2.28. The Labute approximate surface area is 161 Å². The molecule has 0 unspecified atom stereocenters. The summed E-state index contributed by atoms with van der Waals surface area (Å²) in [6.45, 7) is 1.78. The number of fused-ring (bicyclic) bond motifs is 1. The molecule has 2 aliphatic rings. The number of hydrogen-bond donors (Lipinski definition) is 1. The number of carboxylic acid groups (broad SMARTS) is 1. The molecule has 7 heteroatoms. The Bertz CT molecular complexity index is 938. The van der Waals surface area contributed by atoms with Crippen molar-refractivity contribution >= 4 is 23.1 Å². The fourth-order valence-electron chi connectivity index (χ4n) is 4.11. The van der Waals surface area contributed by atoms with E-state index in [4.69, 9.17) is 4.52 Å². The molecule has 6 nitrogen and oxygen atoms in total. The van der Waals surface area contributed by atoms with Crippen molar-refractivity contribution in [2.24, 2.45) is 0 Å². The van der Waals surface area contributed by atoms with Crippen molar-refractivity contribution < 1.29 is 19.2 Å². The average molecular weight is 386 g/mol. The van der Waals surface area contributed by atoms with E-state index in [0.29, 0.717) is 30.1 Å². The summed E-state index contributed by atoms with van der Waals surface area (Å²) in [7, 11) is 0. The Morgan fingerprint density at radius 3 is 2.59 bits per heavy atom. The standard InChI is InChI=1S/C20H22N2O4S/c1-11-21-19(26-22-11)18-14-6-3-2-4-9-16(14)27-17(18)10-15(23)12-7-5-8-13(12)20(24)25/h2-10H2,1H3,(H,24,25). The number of allylic oxidation sites excluding steroid dienone is 1. The van der Waals surface area contributed by atoms with Crippen molar-refractivity contribution in [1.82, 2.24) is 10.1 Å². The molecule has 0 aliphatic heterocycles. The number of Topliss-reactive ketones (excluding diaryl/α,β-unsaturated/α-hetero) is 1. The van der Waals surface area contributed by atoms with Gasteiger partial charge in [-0.25, -0.2) is 4.79 Å². The van der Waals surface area contributed by atoms with Gasteiger partial charge in [-0.2, -0.15) is 4.98 Å². The summed E-state index contributed by atoms with van der Waals surface area (Å²) in [5.74, 6) is 0.000399. The summed E-state index contributed by atoms with van der Waals surface area (Å²) in [6, 6.07) is 0. The second-order valence-electron chi connectivity index (χ2n) is 7.23. The summed E-state index contributed by atoms with van der Waals surface area (Å²) in [4.78, 5) is 31.0. The largest absolute Gasteiger partial charge is 0.478 e. The molecule has 0 radical (unpaired) electrons. The zero-order chi connectivity index (χ0) is 19.0. The van der Waals surface area contributed by atoms with Gasteiger partial charge in [0.2, 0.25) is 0 Å². The maximum atomic E-state index is 12.9. The van der Waals surface area contributed by atoms with Crippen LogP contribution in [0, 0.1) is 6.92 Å². The third-order valence-electron chi connectivity index (χ3n) is 5.37. The van der Waals surface area contributed by atoms with E-state index >= 15 is 0 Å². The van der Waals surface area contributed by atoms with Crippen molar-refractivity contribution in [3.8, 4) is 11.5 Å². The van der Waals surface area contributed by atoms with Gasteiger partial charge in [0.05, 0.1) is 5.56 Å². The molecule has 0 saturated carbocycles. The van der Waals surface area contributed by atoms with E-state index in [1.165, 1.54) is 16.9 Å². The molecule has 0 amide bonds. The van der Waals surface area contributed by atoms with Crippen LogP contribution in [0.4, 0.5) is 0 Å². The van der Waals surface area contributed by atoms with Gasteiger partial charge >= 0.3 is 5.97 Å². The molecule has 0 saturated heterocycles. The lowest BCUT2D eigenvalue weighted by Crippen LogP contribution is -2.10. The highest BCUT2D eigenvalue weighted by Gasteiger charge is 2.29. The topological polar surface area (TPSA) is 93.3 Å². The van der Waals surface area contributed by atoms with E-state index < -0.39 is 5.97 Å². The fraction of sp³-hybridized carbons (Fsp3) is 0.500. The Balaban J connectivity index is 1.73. The van der Waals surface area contributed by atoms with Crippen LogP contribution in [-0.2, 0) is 28.9 Å². The quantitative estimate of drug-likeness (QED) is 0.779. The molecule has 2 aromatic heterocycles. The van der Waals surface area contributed by atoms with Crippen molar-refractivity contribution in [3.05, 3.63) is 32.3 Å². The van der Waals surface area contributed by atoms with Crippen LogP contribution in [0.15, 0.2) is 15.7 Å². The number of hydrogen-bond acceptors (Lipinski definition) is 6. The van der Waals surface area contributed by atoms with Crippen LogP contribution in [-0.4, -0.2) is 27.0 Å². The van der Waals surface area contributed by atoms with Gasteiger partial charge in [0, 0.05) is 27.3 Å². The first-order valence-corrected chi connectivity index (χ1v) is 10.3. The Morgan fingerprint density at radius 1 is 1.07 bits per heavy atom. The monoisotopic (exact) mass is 386 g/mol. The summed E-state index contributed by atoms with van der Waals surface area (Å²) in [5, 5.41) is 13.3. The van der Waals surface area contributed by atoms with Gasteiger partial charge in [-0.1, -0.05) is 11.6 Å². The molecule has 27 heavy (non-hydrogen) atoms. The van der Waals surface area contributed by atoms with Crippen LogP contribution < -0.4 is 0 Å². The average Bonchev–Trinajstić information content (AvgIpc) is 3.31. The number of carbonyl (C=O) groups excluding carboxylic acids is 1. The minimum Gasteiger partial charge on any atom is -0.478 e. The van der Waals surface area contributed by atoms with Crippen LogP contribution in [0.5, 0.6) is 0 Å². The van der Waals surface area contributed by atoms with Crippen LogP contribution >= 0.6 is 11.3 Å². The molecular weight excluding hydrogens is 364 g/mol. The van der Waals surface area contributed by atoms with Gasteiger partial charge in [-0.3, -0.25) is 4.79 Å². The van der Waals surface area contributed by atoms with E-state index in [9.17, 15) is 14.7 Å². The van der Waals surface area contributed by atoms with Gasteiger partial charge in [0.15, 0.2) is 11.6 Å². The zero-order valence-corrected chi connectivity index (χ0v) is 16.2. The highest BCUT2D eigenvalue weighted by atomic mass is 32.1. The highest BCUT2D eigenvalue weighted by Crippen LogP contribution is 2.40. The number of aromatic nitrogens is 2. The highest BCUT2D eigenvalue weighted by molar-refractivity contribution is 7.12. The molecule has 2 heterocycles. The zero-order valence-electron chi connectivity index (χ0n) is 15.3. The molecular formula is C20H22N2O4S. The molecule has 0 atom stereocenters. The first-order valence-electron chi connectivity index (χ1n) is 9.47. The van der Waals surface area contributed by atoms with Crippen LogP contribution in [0.25, 0.3) is 11.5 Å². The predicted molar refractivity (Wildman–Crippen MR) is 101 cm³/mol. The molecule has 1 N–H and O–H groups in total. The van der Waals surface area contributed by atoms with Gasteiger partial charge < -0.3 is 9.63 Å². The van der Waals surface area contributed by atoms with E-state index in [-0.39, 0.29) is 17.8 Å². The lowest BCUT2D eigenvalue weighted by atomic mass is 9.99. The second-order valence-corrected chi connectivity index (χ2v) is 8.41. The molecule has 0 spiro atoms. The SMILES string of the molecule is Cc1noc(-c2c(CC(=O)C3=C(C(=O)O)CCC3)sc3c2CCCCC3)n1. The maximum Gasteiger partial charge on any atom is 0.331 e. The van der Waals surface area contributed by atoms with Crippen molar-refractivity contribution in [1.29, 1.82) is 0 Å². The molecule has 4 rings (SSSR count). The summed E-state index contributed by atoms with van der Waals surface area (Å²) < 4.78 is 5.45. The van der Waals surface area contributed by atoms with E-state index in [1.807, 2.05) is 0 Å². The first kappa shape index (κ1) is 18.1. The minimum atomic E-state index is -0.967. The molecule has 0 aromatic carbocycles. The van der Waals surface area contributed by atoms with Gasteiger partial charge in [0.1, 0.15) is 0 Å². The second kappa shape index (κ2) is 7.38. The van der Waals surface area contributed by atoms with Crippen LogP contribution in [0.1, 0.15) is 59.7 Å². The Morgan fingerprint density at radius 2 is 1.85 bits per heavy atom. The molecule has 0 bridgehead atoms. The summed E-state index contributed by atoms with van der Waals surface area (Å²) >= 11 is 1.66. The van der Waals surface area contributed by atoms with Gasteiger partial charge in [0.25, 0.3) is 5.89 Å². The molecule has 142 valence electrons. The number of aryl methyl sites for hydroxylation is 2. The molecule has 2 aromatic rings. The van der Waals surface area contributed by atoms with Crippen molar-refractivity contribution in [2.75, 3.05) is 0 Å². The third kappa shape index (κ3) is 3.48. The minimum absolute atomic E-state index is 0.0844. The number of carboxylic acids is 1. The van der Waals surface area contributed by atoms with E-state index in [2.05, 4.69) is 10.1 Å². The molecule has 0 fully saturated rings. The van der Waals surface area contributed by atoms with Crippen molar-refractivity contribution in [3.63, 3.8) is 0 Å². The summed E-state index contributed by atoms with van der Waals surface area (Å²) in [6.07, 6.45) is 7.42. The number of ketones is 1. The summed E-state index contributed by atoms with van der Waals surface area (Å²) in [5.41, 5.74) is 2.93. The smallest absolute Gasteiger partial charge is 0.331 e. The first-order chi connectivity index (χ1) is 13.0.